The Morgan fingerprint density at radius 2 is 2.12 bits per heavy atom. The summed E-state index contributed by atoms with van der Waals surface area (Å²) in [6.45, 7) is 3.01. The zero-order chi connectivity index (χ0) is 18.4. The van der Waals surface area contributed by atoms with Gasteiger partial charge in [0.2, 0.25) is 5.91 Å². The summed E-state index contributed by atoms with van der Waals surface area (Å²) in [4.78, 5) is 25.9. The largest absolute Gasteiger partial charge is 0.332 e. The fraction of sp³-hybridized carbons (Fsp3) is 0.368. The molecule has 3 rings (SSSR count). The number of amides is 1. The molecule has 0 N–H and O–H groups in total. The molecular weight excluding hydrogens is 348 g/mol. The lowest BCUT2D eigenvalue weighted by atomic mass is 9.78. The molecule has 1 aromatic rings. The van der Waals surface area contributed by atoms with Crippen molar-refractivity contribution < 1.29 is 18.4 Å². The van der Waals surface area contributed by atoms with Crippen molar-refractivity contribution in [3.63, 3.8) is 0 Å². The van der Waals surface area contributed by atoms with E-state index in [0.29, 0.717) is 30.5 Å². The predicted octanol–water partition coefficient (Wildman–Crippen LogP) is 4.02. The van der Waals surface area contributed by atoms with E-state index in [2.05, 4.69) is 0 Å². The van der Waals surface area contributed by atoms with E-state index in [4.69, 9.17) is 11.6 Å². The van der Waals surface area contributed by atoms with Crippen molar-refractivity contribution in [1.82, 2.24) is 4.90 Å². The van der Waals surface area contributed by atoms with Gasteiger partial charge >= 0.3 is 0 Å². The number of benzene rings is 1. The van der Waals surface area contributed by atoms with Crippen LogP contribution in [0.25, 0.3) is 5.57 Å². The first-order chi connectivity index (χ1) is 11.7. The average Bonchev–Trinajstić information content (AvgIpc) is 2.94. The Bertz CT molecular complexity index is 813. The molecule has 0 radical (unpaired) electrons. The Kier molecular flexibility index (Phi) is 4.54. The van der Waals surface area contributed by atoms with Crippen LogP contribution in [-0.2, 0) is 9.59 Å². The Hall–Kier alpha value is -2.01. The molecule has 1 aromatic carbocycles. The molecule has 25 heavy (non-hydrogen) atoms. The van der Waals surface area contributed by atoms with E-state index in [1.54, 1.807) is 6.07 Å². The van der Waals surface area contributed by atoms with Crippen molar-refractivity contribution in [2.75, 3.05) is 6.54 Å². The standard InChI is InChI=1S/C19H18ClF2NO2/c1-11(24)14-10-15(20)19(2,22)18(23-8-4-7-16(23)25)17(14)12-5-3-6-13(21)9-12/h3,5-6,9-10,18H,4,7-8H2,1-2H3. The van der Waals surface area contributed by atoms with Gasteiger partial charge in [-0.1, -0.05) is 23.7 Å². The number of allylic oxidation sites excluding steroid dienone is 2. The second-order valence-electron chi connectivity index (χ2n) is 6.55. The van der Waals surface area contributed by atoms with Crippen LogP contribution in [0.3, 0.4) is 0 Å². The quantitative estimate of drug-likeness (QED) is 0.811. The van der Waals surface area contributed by atoms with Crippen molar-refractivity contribution >= 4 is 28.9 Å². The van der Waals surface area contributed by atoms with Gasteiger partial charge in [-0.3, -0.25) is 9.59 Å². The van der Waals surface area contributed by atoms with Gasteiger partial charge < -0.3 is 4.90 Å². The van der Waals surface area contributed by atoms with E-state index in [0.717, 1.165) is 0 Å². The van der Waals surface area contributed by atoms with E-state index < -0.39 is 17.5 Å². The molecule has 0 bridgehead atoms. The maximum Gasteiger partial charge on any atom is 0.223 e. The minimum absolute atomic E-state index is 0.137. The van der Waals surface area contributed by atoms with E-state index in [9.17, 15) is 14.0 Å². The highest BCUT2D eigenvalue weighted by atomic mass is 35.5. The third-order valence-electron chi connectivity index (χ3n) is 4.75. The number of carbonyl (C=O) groups is 2. The summed E-state index contributed by atoms with van der Waals surface area (Å²) in [6, 6.07) is 4.55. The monoisotopic (exact) mass is 365 g/mol. The number of hydrogen-bond acceptors (Lipinski definition) is 2. The molecule has 132 valence electrons. The number of rotatable bonds is 3. The molecule has 0 saturated carbocycles. The number of hydrogen-bond donors (Lipinski definition) is 0. The Balaban J connectivity index is 2.28. The van der Waals surface area contributed by atoms with Gasteiger partial charge in [-0.15, -0.1) is 0 Å². The van der Waals surface area contributed by atoms with Gasteiger partial charge in [-0.2, -0.15) is 0 Å². The zero-order valence-electron chi connectivity index (χ0n) is 14.0. The van der Waals surface area contributed by atoms with Crippen LogP contribution in [-0.4, -0.2) is 34.8 Å². The van der Waals surface area contributed by atoms with Gasteiger partial charge in [0.25, 0.3) is 0 Å². The molecule has 2 atom stereocenters. The Labute approximate surface area is 150 Å². The fourth-order valence-corrected chi connectivity index (χ4v) is 3.76. The maximum absolute atomic E-state index is 15.6. The van der Waals surface area contributed by atoms with Crippen LogP contribution in [0.1, 0.15) is 32.3 Å². The molecule has 3 nitrogen and oxygen atoms in total. The van der Waals surface area contributed by atoms with Crippen molar-refractivity contribution in [1.29, 1.82) is 0 Å². The van der Waals surface area contributed by atoms with Crippen LogP contribution in [0.2, 0.25) is 0 Å². The fourth-order valence-electron chi connectivity index (χ4n) is 3.55. The molecule has 1 aliphatic carbocycles. The first kappa shape index (κ1) is 17.8. The maximum atomic E-state index is 15.6. The molecular formula is C19H18ClF2NO2. The topological polar surface area (TPSA) is 37.4 Å². The molecule has 0 aromatic heterocycles. The summed E-state index contributed by atoms with van der Waals surface area (Å²) in [5, 5.41) is -0.137. The summed E-state index contributed by atoms with van der Waals surface area (Å²) >= 11 is 6.14. The smallest absolute Gasteiger partial charge is 0.223 e. The van der Waals surface area contributed by atoms with Gasteiger partial charge in [0.05, 0.1) is 11.1 Å². The number of ketones is 1. The Morgan fingerprint density at radius 1 is 1.40 bits per heavy atom. The van der Waals surface area contributed by atoms with Gasteiger partial charge in [-0.25, -0.2) is 8.78 Å². The van der Waals surface area contributed by atoms with Crippen LogP contribution in [0.4, 0.5) is 8.78 Å². The summed E-state index contributed by atoms with van der Waals surface area (Å²) in [7, 11) is 0. The first-order valence-corrected chi connectivity index (χ1v) is 8.48. The van der Waals surface area contributed by atoms with E-state index in [-0.39, 0.29) is 22.3 Å². The van der Waals surface area contributed by atoms with Crippen molar-refractivity contribution in [3.05, 3.63) is 52.3 Å². The summed E-state index contributed by atoms with van der Waals surface area (Å²) in [5.74, 6) is -1.01. The lowest BCUT2D eigenvalue weighted by molar-refractivity contribution is -0.130. The SMILES string of the molecule is CC(=O)C1=C(c2cccc(F)c2)C(N2CCCC2=O)C(C)(F)C(Cl)=C1. The van der Waals surface area contributed by atoms with Crippen LogP contribution >= 0.6 is 11.6 Å². The lowest BCUT2D eigenvalue weighted by Crippen LogP contribution is -2.52. The number of carbonyl (C=O) groups excluding carboxylic acids is 2. The van der Waals surface area contributed by atoms with Gasteiger partial charge in [0.15, 0.2) is 11.5 Å². The van der Waals surface area contributed by atoms with Crippen LogP contribution in [0.15, 0.2) is 40.9 Å². The van der Waals surface area contributed by atoms with Crippen LogP contribution in [0, 0.1) is 5.82 Å². The van der Waals surface area contributed by atoms with Gasteiger partial charge in [0, 0.05) is 18.5 Å². The highest BCUT2D eigenvalue weighted by Crippen LogP contribution is 2.46. The van der Waals surface area contributed by atoms with E-state index in [1.165, 1.54) is 43.0 Å². The lowest BCUT2D eigenvalue weighted by Gasteiger charge is -2.42. The summed E-state index contributed by atoms with van der Waals surface area (Å²) in [5.41, 5.74) is -1.19. The molecule has 2 unspecified atom stereocenters. The van der Waals surface area contributed by atoms with Crippen LogP contribution < -0.4 is 0 Å². The second kappa shape index (κ2) is 6.37. The molecule has 1 heterocycles. The number of Topliss-reactive ketones (excluding diaryl/α,β-unsaturated/α-hetero) is 1. The third-order valence-corrected chi connectivity index (χ3v) is 5.23. The minimum atomic E-state index is -2.07. The molecule has 0 spiro atoms. The normalized spacial score (nSPS) is 26.9. The third kappa shape index (κ3) is 3.01. The number of nitrogens with zero attached hydrogens (tertiary/aromatic N) is 1. The van der Waals surface area contributed by atoms with Crippen LogP contribution in [0.5, 0.6) is 0 Å². The molecule has 1 aliphatic heterocycles. The molecule has 6 heteroatoms. The summed E-state index contributed by atoms with van der Waals surface area (Å²) in [6.07, 6.45) is 2.22. The number of alkyl halides is 1. The van der Waals surface area contributed by atoms with E-state index in [1.807, 2.05) is 0 Å². The second-order valence-corrected chi connectivity index (χ2v) is 6.96. The minimum Gasteiger partial charge on any atom is -0.332 e. The number of halogens is 3. The summed E-state index contributed by atoms with van der Waals surface area (Å²) < 4.78 is 29.4. The molecule has 2 aliphatic rings. The zero-order valence-corrected chi connectivity index (χ0v) is 14.7. The van der Waals surface area contributed by atoms with Crippen molar-refractivity contribution in [3.8, 4) is 0 Å². The average molecular weight is 366 g/mol. The highest BCUT2D eigenvalue weighted by Gasteiger charge is 2.49. The van der Waals surface area contributed by atoms with Gasteiger partial charge in [-0.05, 0) is 49.6 Å². The first-order valence-electron chi connectivity index (χ1n) is 8.10. The Morgan fingerprint density at radius 3 is 2.68 bits per heavy atom. The molecule has 1 amide bonds. The van der Waals surface area contributed by atoms with E-state index >= 15 is 4.39 Å². The van der Waals surface area contributed by atoms with Crippen molar-refractivity contribution in [2.45, 2.75) is 38.4 Å². The van der Waals surface area contributed by atoms with Crippen molar-refractivity contribution in [2.24, 2.45) is 0 Å². The molecule has 1 saturated heterocycles. The molecule has 1 fully saturated rings. The number of likely N-dealkylation sites (tertiary alicyclic amines) is 1. The highest BCUT2D eigenvalue weighted by molar-refractivity contribution is 6.32. The predicted molar refractivity (Wildman–Crippen MR) is 92.2 cm³/mol. The van der Waals surface area contributed by atoms with Gasteiger partial charge in [0.1, 0.15) is 5.82 Å².